The third-order valence-corrected chi connectivity index (χ3v) is 5.14. The minimum absolute atomic E-state index is 0.493. The molecule has 0 radical (unpaired) electrons. The summed E-state index contributed by atoms with van der Waals surface area (Å²) >= 11 is 0. The zero-order valence-electron chi connectivity index (χ0n) is 14.5. The predicted octanol–water partition coefficient (Wildman–Crippen LogP) is 4.43. The molecule has 122 valence electrons. The number of likely N-dealkylation sites (tertiary alicyclic amines) is 1. The minimum Gasteiger partial charge on any atom is -0.330 e. The number of benzene rings is 2. The Hall–Kier alpha value is -1.64. The van der Waals surface area contributed by atoms with E-state index < -0.39 is 0 Å². The summed E-state index contributed by atoms with van der Waals surface area (Å²) in [6.07, 6.45) is 1.17. The van der Waals surface area contributed by atoms with E-state index in [-0.39, 0.29) is 0 Å². The van der Waals surface area contributed by atoms with E-state index in [1.807, 2.05) is 0 Å². The molecule has 2 nitrogen and oxygen atoms in total. The molecular weight excluding hydrogens is 280 g/mol. The molecule has 1 aliphatic heterocycles. The molecule has 0 spiro atoms. The van der Waals surface area contributed by atoms with Crippen molar-refractivity contribution in [2.75, 3.05) is 20.1 Å². The van der Waals surface area contributed by atoms with Crippen molar-refractivity contribution in [2.45, 2.75) is 32.2 Å². The van der Waals surface area contributed by atoms with Crippen molar-refractivity contribution in [1.82, 2.24) is 4.90 Å². The first-order valence-electron chi connectivity index (χ1n) is 8.69. The van der Waals surface area contributed by atoms with Gasteiger partial charge < -0.3 is 5.73 Å². The Morgan fingerprint density at radius 3 is 2.48 bits per heavy atom. The first-order chi connectivity index (χ1) is 11.1. The smallest absolute Gasteiger partial charge is 0.0349 e. The highest BCUT2D eigenvalue weighted by molar-refractivity contribution is 5.69. The SMILES string of the molecule is CC(C)c1ccc(C2CC(CN)CN2C)cc1-c1ccccc1. The molecule has 23 heavy (non-hydrogen) atoms. The lowest BCUT2D eigenvalue weighted by atomic mass is 9.88. The number of hydrogen-bond acceptors (Lipinski definition) is 2. The summed E-state index contributed by atoms with van der Waals surface area (Å²) in [4.78, 5) is 2.46. The van der Waals surface area contributed by atoms with E-state index in [1.54, 1.807) is 0 Å². The van der Waals surface area contributed by atoms with Gasteiger partial charge in [0.15, 0.2) is 0 Å². The van der Waals surface area contributed by atoms with Gasteiger partial charge in [0, 0.05) is 12.6 Å². The normalized spacial score (nSPS) is 22.0. The van der Waals surface area contributed by atoms with Gasteiger partial charge in [0.25, 0.3) is 0 Å². The maximum absolute atomic E-state index is 5.89. The van der Waals surface area contributed by atoms with Crippen molar-refractivity contribution >= 4 is 0 Å². The van der Waals surface area contributed by atoms with Crippen LogP contribution in [-0.2, 0) is 0 Å². The molecule has 0 bridgehead atoms. The quantitative estimate of drug-likeness (QED) is 0.905. The lowest BCUT2D eigenvalue weighted by Crippen LogP contribution is -2.20. The second-order valence-electron chi connectivity index (χ2n) is 7.16. The van der Waals surface area contributed by atoms with Gasteiger partial charge in [-0.15, -0.1) is 0 Å². The van der Waals surface area contributed by atoms with Crippen molar-refractivity contribution in [3.63, 3.8) is 0 Å². The monoisotopic (exact) mass is 308 g/mol. The van der Waals surface area contributed by atoms with E-state index in [4.69, 9.17) is 5.73 Å². The Morgan fingerprint density at radius 1 is 1.13 bits per heavy atom. The highest BCUT2D eigenvalue weighted by Gasteiger charge is 2.30. The number of nitrogens with zero attached hydrogens (tertiary/aromatic N) is 1. The predicted molar refractivity (Wildman–Crippen MR) is 98.5 cm³/mol. The van der Waals surface area contributed by atoms with Gasteiger partial charge in [-0.3, -0.25) is 4.90 Å². The third kappa shape index (κ3) is 3.34. The van der Waals surface area contributed by atoms with Gasteiger partial charge in [0.05, 0.1) is 0 Å². The van der Waals surface area contributed by atoms with Crippen LogP contribution in [0.3, 0.4) is 0 Å². The van der Waals surface area contributed by atoms with Crippen LogP contribution < -0.4 is 5.73 Å². The van der Waals surface area contributed by atoms with Crippen molar-refractivity contribution < 1.29 is 0 Å². The van der Waals surface area contributed by atoms with Crippen LogP contribution in [0.15, 0.2) is 48.5 Å². The number of hydrogen-bond donors (Lipinski definition) is 1. The van der Waals surface area contributed by atoms with Crippen molar-refractivity contribution in [3.05, 3.63) is 59.7 Å². The van der Waals surface area contributed by atoms with Crippen LogP contribution in [0.4, 0.5) is 0 Å². The molecule has 2 aromatic carbocycles. The van der Waals surface area contributed by atoms with E-state index in [2.05, 4.69) is 74.3 Å². The lowest BCUT2D eigenvalue weighted by Gasteiger charge is -2.22. The fourth-order valence-corrected chi connectivity index (χ4v) is 3.82. The highest BCUT2D eigenvalue weighted by Crippen LogP contribution is 2.37. The van der Waals surface area contributed by atoms with E-state index in [0.717, 1.165) is 13.1 Å². The number of nitrogens with two attached hydrogens (primary N) is 1. The molecule has 2 aromatic rings. The Kier molecular flexibility index (Phi) is 4.84. The summed E-state index contributed by atoms with van der Waals surface area (Å²) in [5.74, 6) is 1.15. The fraction of sp³-hybridized carbons (Fsp3) is 0.429. The molecule has 2 atom stereocenters. The molecule has 0 saturated carbocycles. The van der Waals surface area contributed by atoms with Crippen LogP contribution in [-0.4, -0.2) is 25.0 Å². The molecule has 0 aliphatic carbocycles. The van der Waals surface area contributed by atoms with E-state index in [1.165, 1.54) is 28.7 Å². The van der Waals surface area contributed by atoms with Crippen LogP contribution in [0.25, 0.3) is 11.1 Å². The highest BCUT2D eigenvalue weighted by atomic mass is 15.2. The summed E-state index contributed by atoms with van der Waals surface area (Å²) in [6, 6.07) is 18.3. The van der Waals surface area contributed by atoms with E-state index in [0.29, 0.717) is 17.9 Å². The Morgan fingerprint density at radius 2 is 1.87 bits per heavy atom. The van der Waals surface area contributed by atoms with Crippen LogP contribution in [0.5, 0.6) is 0 Å². The molecule has 1 aliphatic rings. The summed E-state index contributed by atoms with van der Waals surface area (Å²) in [5, 5.41) is 0. The van der Waals surface area contributed by atoms with Gasteiger partial charge in [-0.2, -0.15) is 0 Å². The maximum atomic E-state index is 5.89. The van der Waals surface area contributed by atoms with Gasteiger partial charge in [-0.05, 0) is 60.2 Å². The van der Waals surface area contributed by atoms with Gasteiger partial charge in [-0.25, -0.2) is 0 Å². The topological polar surface area (TPSA) is 29.3 Å². The second kappa shape index (κ2) is 6.86. The standard InChI is InChI=1S/C21H28N2/c1-15(2)19-10-9-18(21-11-16(13-22)14-23(21)3)12-20(19)17-7-5-4-6-8-17/h4-10,12,15-16,21H,11,13-14,22H2,1-3H3. The van der Waals surface area contributed by atoms with E-state index in [9.17, 15) is 0 Å². The zero-order valence-corrected chi connectivity index (χ0v) is 14.5. The van der Waals surface area contributed by atoms with Crippen molar-refractivity contribution in [2.24, 2.45) is 11.7 Å². The first kappa shape index (κ1) is 16.2. The molecule has 3 rings (SSSR count). The molecule has 0 aromatic heterocycles. The Balaban J connectivity index is 2.01. The molecular formula is C21H28N2. The molecule has 1 saturated heterocycles. The third-order valence-electron chi connectivity index (χ3n) is 5.14. The summed E-state index contributed by atoms with van der Waals surface area (Å²) in [6.45, 7) is 6.44. The van der Waals surface area contributed by atoms with Crippen LogP contribution in [0.1, 0.15) is 43.4 Å². The average molecular weight is 308 g/mol. The summed E-state index contributed by atoms with van der Waals surface area (Å²) in [7, 11) is 2.22. The molecule has 0 amide bonds. The molecule has 2 heteroatoms. The van der Waals surface area contributed by atoms with Crippen molar-refractivity contribution in [3.8, 4) is 11.1 Å². The largest absolute Gasteiger partial charge is 0.330 e. The average Bonchev–Trinajstić information content (AvgIpc) is 2.96. The zero-order chi connectivity index (χ0) is 16.4. The maximum Gasteiger partial charge on any atom is 0.0349 e. The van der Waals surface area contributed by atoms with Crippen LogP contribution in [0.2, 0.25) is 0 Å². The molecule has 1 heterocycles. The van der Waals surface area contributed by atoms with Gasteiger partial charge in [-0.1, -0.05) is 56.3 Å². The van der Waals surface area contributed by atoms with Crippen molar-refractivity contribution in [1.29, 1.82) is 0 Å². The van der Waals surface area contributed by atoms with Gasteiger partial charge >= 0.3 is 0 Å². The van der Waals surface area contributed by atoms with Gasteiger partial charge in [0.1, 0.15) is 0 Å². The Labute approximate surface area is 140 Å². The van der Waals surface area contributed by atoms with Crippen LogP contribution in [0, 0.1) is 5.92 Å². The molecule has 2 N–H and O–H groups in total. The summed E-state index contributed by atoms with van der Waals surface area (Å²) in [5.41, 5.74) is 11.4. The molecule has 1 fully saturated rings. The lowest BCUT2D eigenvalue weighted by molar-refractivity contribution is 0.313. The molecule has 2 unspecified atom stereocenters. The Bertz CT molecular complexity index is 648. The number of rotatable bonds is 4. The van der Waals surface area contributed by atoms with Gasteiger partial charge in [0.2, 0.25) is 0 Å². The fourth-order valence-electron chi connectivity index (χ4n) is 3.82. The summed E-state index contributed by atoms with van der Waals surface area (Å²) < 4.78 is 0. The minimum atomic E-state index is 0.493. The van der Waals surface area contributed by atoms with E-state index >= 15 is 0 Å². The van der Waals surface area contributed by atoms with Crippen LogP contribution >= 0.6 is 0 Å². The second-order valence-corrected chi connectivity index (χ2v) is 7.16. The first-order valence-corrected chi connectivity index (χ1v) is 8.69.